The molecule has 0 saturated heterocycles. The zero-order valence-corrected chi connectivity index (χ0v) is 12.6. The zero-order valence-electron chi connectivity index (χ0n) is 10.9. The Balaban J connectivity index is 1.93. The number of hydrogen-bond donors (Lipinski definition) is 1. The summed E-state index contributed by atoms with van der Waals surface area (Å²) < 4.78 is 33.8. The lowest BCUT2D eigenvalue weighted by Gasteiger charge is -2.04. The standard InChI is InChI=1S/C11H13FN4O2S2/c1-7-9(19-8(2)14-7)5-6-13-10-3-4-11(16-15-10)20(12,17)18/h3-4H,5-6H2,1-2H3,(H,13,15). The average Bonchev–Trinajstić information content (AvgIpc) is 2.67. The van der Waals surface area contributed by atoms with Crippen LogP contribution < -0.4 is 5.32 Å². The molecule has 0 spiro atoms. The van der Waals surface area contributed by atoms with E-state index in [2.05, 4.69) is 20.5 Å². The molecule has 2 aromatic heterocycles. The molecule has 0 amide bonds. The van der Waals surface area contributed by atoms with Crippen molar-refractivity contribution in [1.82, 2.24) is 15.2 Å². The quantitative estimate of drug-likeness (QED) is 0.848. The first-order valence-electron chi connectivity index (χ1n) is 5.81. The third-order valence-corrected chi connectivity index (χ3v) is 4.40. The van der Waals surface area contributed by atoms with Crippen molar-refractivity contribution < 1.29 is 12.3 Å². The number of nitrogens with one attached hydrogen (secondary N) is 1. The summed E-state index contributed by atoms with van der Waals surface area (Å²) in [5.74, 6) is 0.399. The van der Waals surface area contributed by atoms with Crippen LogP contribution >= 0.6 is 11.3 Å². The van der Waals surface area contributed by atoms with Crippen LogP contribution in [0.5, 0.6) is 0 Å². The maximum atomic E-state index is 12.6. The Kier molecular flexibility index (Phi) is 4.29. The Hall–Kier alpha value is -1.61. The van der Waals surface area contributed by atoms with Gasteiger partial charge in [-0.2, -0.15) is 8.42 Å². The number of halogens is 1. The smallest absolute Gasteiger partial charge is 0.351 e. The van der Waals surface area contributed by atoms with E-state index in [1.807, 2.05) is 13.8 Å². The van der Waals surface area contributed by atoms with Gasteiger partial charge in [0.1, 0.15) is 5.82 Å². The molecule has 0 aromatic carbocycles. The van der Waals surface area contributed by atoms with Gasteiger partial charge in [-0.25, -0.2) is 4.98 Å². The first-order chi connectivity index (χ1) is 9.36. The Labute approximate surface area is 120 Å². The van der Waals surface area contributed by atoms with E-state index in [4.69, 9.17) is 0 Å². The van der Waals surface area contributed by atoms with Crippen LogP contribution in [0.15, 0.2) is 17.2 Å². The lowest BCUT2D eigenvalue weighted by molar-refractivity contribution is 0.545. The molecule has 0 fully saturated rings. The Bertz CT molecular complexity index is 698. The predicted molar refractivity (Wildman–Crippen MR) is 74.1 cm³/mol. The summed E-state index contributed by atoms with van der Waals surface area (Å²) in [6.45, 7) is 4.52. The lowest BCUT2D eigenvalue weighted by atomic mass is 10.3. The van der Waals surface area contributed by atoms with Gasteiger partial charge in [0.05, 0.1) is 10.7 Å². The fraction of sp³-hybridized carbons (Fsp3) is 0.364. The first kappa shape index (κ1) is 14.8. The molecule has 0 bridgehead atoms. The second kappa shape index (κ2) is 5.80. The lowest BCUT2D eigenvalue weighted by Crippen LogP contribution is -2.08. The number of aryl methyl sites for hydroxylation is 2. The van der Waals surface area contributed by atoms with Crippen molar-refractivity contribution in [3.05, 3.63) is 27.7 Å². The van der Waals surface area contributed by atoms with E-state index in [-0.39, 0.29) is 0 Å². The SMILES string of the molecule is Cc1nc(C)c(CCNc2ccc(S(=O)(=O)F)nn2)s1. The molecule has 2 heterocycles. The molecular formula is C11H13FN4O2S2. The van der Waals surface area contributed by atoms with E-state index < -0.39 is 15.2 Å². The fourth-order valence-corrected chi connectivity index (χ4v) is 2.96. The highest BCUT2D eigenvalue weighted by Gasteiger charge is 2.14. The maximum Gasteiger partial charge on any atom is 0.351 e. The van der Waals surface area contributed by atoms with Crippen LogP contribution in [0.3, 0.4) is 0 Å². The Morgan fingerprint density at radius 2 is 2.05 bits per heavy atom. The van der Waals surface area contributed by atoms with E-state index in [1.54, 1.807) is 11.3 Å². The molecule has 20 heavy (non-hydrogen) atoms. The summed E-state index contributed by atoms with van der Waals surface area (Å²) in [5.41, 5.74) is 1.01. The average molecular weight is 316 g/mol. The summed E-state index contributed by atoms with van der Waals surface area (Å²) in [4.78, 5) is 5.52. The van der Waals surface area contributed by atoms with Crippen molar-refractivity contribution in [3.63, 3.8) is 0 Å². The molecule has 0 atom stereocenters. The van der Waals surface area contributed by atoms with Gasteiger partial charge in [-0.15, -0.1) is 21.5 Å². The second-order valence-electron chi connectivity index (χ2n) is 4.11. The molecule has 0 aliphatic carbocycles. The normalized spacial score (nSPS) is 11.6. The van der Waals surface area contributed by atoms with Gasteiger partial charge in [-0.3, -0.25) is 0 Å². The van der Waals surface area contributed by atoms with Crippen molar-refractivity contribution in [2.24, 2.45) is 0 Å². The molecule has 1 N–H and O–H groups in total. The van der Waals surface area contributed by atoms with Crippen molar-refractivity contribution in [1.29, 1.82) is 0 Å². The van der Waals surface area contributed by atoms with Gasteiger partial charge in [-0.05, 0) is 26.0 Å². The molecule has 0 aliphatic heterocycles. The summed E-state index contributed by atoms with van der Waals surface area (Å²) in [6, 6.07) is 2.46. The van der Waals surface area contributed by atoms with Crippen molar-refractivity contribution in [2.75, 3.05) is 11.9 Å². The van der Waals surface area contributed by atoms with Crippen LogP contribution in [-0.4, -0.2) is 30.1 Å². The van der Waals surface area contributed by atoms with Crippen LogP contribution in [0.25, 0.3) is 0 Å². The monoisotopic (exact) mass is 316 g/mol. The highest BCUT2D eigenvalue weighted by atomic mass is 32.3. The van der Waals surface area contributed by atoms with Gasteiger partial charge < -0.3 is 5.32 Å². The first-order valence-corrected chi connectivity index (χ1v) is 8.01. The van der Waals surface area contributed by atoms with E-state index in [0.717, 1.165) is 23.2 Å². The second-order valence-corrected chi connectivity index (χ2v) is 6.69. The van der Waals surface area contributed by atoms with Crippen molar-refractivity contribution >= 4 is 27.4 Å². The topological polar surface area (TPSA) is 84.8 Å². The summed E-state index contributed by atoms with van der Waals surface area (Å²) in [7, 11) is -4.79. The number of anilines is 1. The molecule has 6 nitrogen and oxygen atoms in total. The maximum absolute atomic E-state index is 12.6. The van der Waals surface area contributed by atoms with Gasteiger partial charge in [0, 0.05) is 17.8 Å². The van der Waals surface area contributed by atoms with Crippen LogP contribution in [0, 0.1) is 13.8 Å². The molecule has 2 aromatic rings. The molecule has 0 saturated carbocycles. The van der Waals surface area contributed by atoms with E-state index in [1.165, 1.54) is 10.9 Å². The Morgan fingerprint density at radius 3 is 2.55 bits per heavy atom. The number of hydrogen-bond acceptors (Lipinski definition) is 7. The van der Waals surface area contributed by atoms with E-state index in [9.17, 15) is 12.3 Å². The molecule has 0 radical (unpaired) electrons. The van der Waals surface area contributed by atoms with Crippen molar-refractivity contribution in [3.8, 4) is 0 Å². The summed E-state index contributed by atoms with van der Waals surface area (Å²) in [6.07, 6.45) is 0.780. The highest BCUT2D eigenvalue weighted by Crippen LogP contribution is 2.17. The number of aromatic nitrogens is 3. The number of thiazole rings is 1. The van der Waals surface area contributed by atoms with E-state index >= 15 is 0 Å². The molecule has 0 aliphatic rings. The predicted octanol–water partition coefficient (Wildman–Crippen LogP) is 1.86. The van der Waals surface area contributed by atoms with Crippen molar-refractivity contribution in [2.45, 2.75) is 25.3 Å². The van der Waals surface area contributed by atoms with Crippen LogP contribution in [-0.2, 0) is 16.6 Å². The van der Waals surface area contributed by atoms with Crippen LogP contribution in [0.1, 0.15) is 15.6 Å². The minimum atomic E-state index is -4.79. The van der Waals surface area contributed by atoms with Gasteiger partial charge in [-0.1, -0.05) is 3.89 Å². The minimum Gasteiger partial charge on any atom is -0.368 e. The molecule has 9 heteroatoms. The van der Waals surface area contributed by atoms with Gasteiger partial charge in [0.15, 0.2) is 0 Å². The molecule has 108 valence electrons. The van der Waals surface area contributed by atoms with Gasteiger partial charge in [0.25, 0.3) is 0 Å². The van der Waals surface area contributed by atoms with Gasteiger partial charge >= 0.3 is 10.2 Å². The summed E-state index contributed by atoms with van der Waals surface area (Å²) in [5, 5.41) is 10.3. The number of nitrogens with zero attached hydrogens (tertiary/aromatic N) is 3. The van der Waals surface area contributed by atoms with Crippen LogP contribution in [0.2, 0.25) is 0 Å². The largest absolute Gasteiger partial charge is 0.368 e. The third kappa shape index (κ3) is 3.70. The molecule has 0 unspecified atom stereocenters. The fourth-order valence-electron chi connectivity index (χ4n) is 1.65. The number of rotatable bonds is 5. The Morgan fingerprint density at radius 1 is 1.30 bits per heavy atom. The minimum absolute atomic E-state index is 0.399. The van der Waals surface area contributed by atoms with E-state index in [0.29, 0.717) is 12.4 Å². The zero-order chi connectivity index (χ0) is 14.8. The van der Waals surface area contributed by atoms with Crippen LogP contribution in [0.4, 0.5) is 9.70 Å². The summed E-state index contributed by atoms with van der Waals surface area (Å²) >= 11 is 1.64. The molecule has 2 rings (SSSR count). The molecular weight excluding hydrogens is 303 g/mol. The third-order valence-electron chi connectivity index (χ3n) is 2.55. The highest BCUT2D eigenvalue weighted by molar-refractivity contribution is 7.86. The van der Waals surface area contributed by atoms with Gasteiger partial charge in [0.2, 0.25) is 5.03 Å².